The lowest BCUT2D eigenvalue weighted by Gasteiger charge is -2.01. The van der Waals surface area contributed by atoms with Crippen molar-refractivity contribution in [2.24, 2.45) is 0 Å². The Morgan fingerprint density at radius 3 is 2.87 bits per heavy atom. The van der Waals surface area contributed by atoms with Crippen molar-refractivity contribution < 1.29 is 18.7 Å². The average molecular weight is 210 g/mol. The predicted octanol–water partition coefficient (Wildman–Crippen LogP) is 0.680. The van der Waals surface area contributed by atoms with Gasteiger partial charge in [-0.25, -0.2) is 10.2 Å². The summed E-state index contributed by atoms with van der Waals surface area (Å²) >= 11 is 0. The molecule has 2 N–H and O–H groups in total. The Bertz CT molecular complexity index is 356. The van der Waals surface area contributed by atoms with Gasteiger partial charge in [-0.15, -0.1) is 0 Å². The van der Waals surface area contributed by atoms with E-state index in [1.165, 1.54) is 25.5 Å². The van der Waals surface area contributed by atoms with E-state index in [0.717, 1.165) is 0 Å². The third-order valence-electron chi connectivity index (χ3n) is 1.42. The summed E-state index contributed by atoms with van der Waals surface area (Å²) in [5.74, 6) is 0.0556. The molecule has 0 atom stereocenters. The number of hydrazine groups is 1. The van der Waals surface area contributed by atoms with Gasteiger partial charge in [-0.2, -0.15) is 0 Å². The Labute approximate surface area is 85.9 Å². The van der Waals surface area contributed by atoms with E-state index in [-0.39, 0.29) is 0 Å². The molecule has 2 amide bonds. The molecule has 1 aromatic rings. The lowest BCUT2D eigenvalue weighted by Crippen LogP contribution is -2.40. The van der Waals surface area contributed by atoms with Crippen molar-refractivity contribution in [2.75, 3.05) is 7.11 Å². The monoisotopic (exact) mass is 210 g/mol. The maximum absolute atomic E-state index is 11.0. The normalized spacial score (nSPS) is 9.93. The second-order valence-electron chi connectivity index (χ2n) is 2.45. The van der Waals surface area contributed by atoms with E-state index >= 15 is 0 Å². The van der Waals surface area contributed by atoms with E-state index in [4.69, 9.17) is 4.42 Å². The fraction of sp³-hybridized carbons (Fsp3) is 0.111. The first-order valence-electron chi connectivity index (χ1n) is 4.08. The Hall–Kier alpha value is -2.24. The van der Waals surface area contributed by atoms with Crippen LogP contribution in [0.5, 0.6) is 0 Å². The number of rotatable bonds is 2. The van der Waals surface area contributed by atoms with Gasteiger partial charge < -0.3 is 9.15 Å². The molecule has 1 aromatic heterocycles. The molecule has 0 aromatic carbocycles. The lowest BCUT2D eigenvalue weighted by molar-refractivity contribution is -0.117. The third-order valence-corrected chi connectivity index (χ3v) is 1.42. The first-order valence-corrected chi connectivity index (χ1v) is 4.08. The maximum Gasteiger partial charge on any atom is 0.425 e. The molecule has 15 heavy (non-hydrogen) atoms. The van der Waals surface area contributed by atoms with Crippen LogP contribution >= 0.6 is 0 Å². The SMILES string of the molecule is COC(=O)NNC(=O)C=Cc1ccco1. The molecule has 1 rings (SSSR count). The zero-order valence-corrected chi connectivity index (χ0v) is 8.02. The molecular weight excluding hydrogens is 200 g/mol. The molecule has 80 valence electrons. The van der Waals surface area contributed by atoms with Crippen LogP contribution in [-0.4, -0.2) is 19.1 Å². The largest absolute Gasteiger partial charge is 0.465 e. The molecule has 0 fully saturated rings. The van der Waals surface area contributed by atoms with E-state index in [9.17, 15) is 9.59 Å². The Morgan fingerprint density at radius 1 is 1.47 bits per heavy atom. The number of nitrogens with one attached hydrogen (secondary N) is 2. The predicted molar refractivity (Wildman–Crippen MR) is 51.4 cm³/mol. The van der Waals surface area contributed by atoms with Gasteiger partial charge in [-0.3, -0.25) is 10.2 Å². The Balaban J connectivity index is 2.33. The number of hydrogen-bond acceptors (Lipinski definition) is 4. The van der Waals surface area contributed by atoms with Crippen molar-refractivity contribution >= 4 is 18.1 Å². The number of methoxy groups -OCH3 is 1. The van der Waals surface area contributed by atoms with E-state index in [2.05, 4.69) is 10.2 Å². The van der Waals surface area contributed by atoms with Crippen LogP contribution in [0, 0.1) is 0 Å². The molecule has 0 saturated carbocycles. The number of carbonyl (C=O) groups is 2. The van der Waals surface area contributed by atoms with Gasteiger partial charge in [0.05, 0.1) is 13.4 Å². The highest BCUT2D eigenvalue weighted by atomic mass is 16.5. The summed E-state index contributed by atoms with van der Waals surface area (Å²) < 4.78 is 9.20. The van der Waals surface area contributed by atoms with Gasteiger partial charge in [0.15, 0.2) is 0 Å². The van der Waals surface area contributed by atoms with Crippen LogP contribution in [0.25, 0.3) is 6.08 Å². The summed E-state index contributed by atoms with van der Waals surface area (Å²) in [6.07, 6.45) is 3.43. The number of furan rings is 1. The van der Waals surface area contributed by atoms with Gasteiger partial charge in [-0.1, -0.05) is 0 Å². The number of ether oxygens (including phenoxy) is 1. The second kappa shape index (κ2) is 5.48. The van der Waals surface area contributed by atoms with Gasteiger partial charge in [0.2, 0.25) is 0 Å². The quantitative estimate of drug-likeness (QED) is 0.555. The van der Waals surface area contributed by atoms with Gasteiger partial charge in [-0.05, 0) is 18.2 Å². The van der Waals surface area contributed by atoms with Crippen LogP contribution in [0.1, 0.15) is 5.76 Å². The summed E-state index contributed by atoms with van der Waals surface area (Å²) in [5, 5.41) is 0. The van der Waals surface area contributed by atoms with Crippen LogP contribution in [0.4, 0.5) is 4.79 Å². The van der Waals surface area contributed by atoms with Crippen LogP contribution < -0.4 is 10.9 Å². The molecule has 0 bridgehead atoms. The van der Waals surface area contributed by atoms with Gasteiger partial charge in [0.25, 0.3) is 5.91 Å². The molecular formula is C9H10N2O4. The molecule has 0 radical (unpaired) electrons. The van der Waals surface area contributed by atoms with Crippen molar-refractivity contribution in [1.82, 2.24) is 10.9 Å². The smallest absolute Gasteiger partial charge is 0.425 e. The highest BCUT2D eigenvalue weighted by molar-refractivity contribution is 5.92. The van der Waals surface area contributed by atoms with Crippen LogP contribution in [-0.2, 0) is 9.53 Å². The van der Waals surface area contributed by atoms with E-state index in [0.29, 0.717) is 5.76 Å². The number of hydrogen-bond donors (Lipinski definition) is 2. The maximum atomic E-state index is 11.0. The van der Waals surface area contributed by atoms with Crippen molar-refractivity contribution in [2.45, 2.75) is 0 Å². The molecule has 0 aliphatic heterocycles. The van der Waals surface area contributed by atoms with Gasteiger partial charge in [0.1, 0.15) is 5.76 Å². The number of carbonyl (C=O) groups excluding carboxylic acids is 2. The summed E-state index contributed by atoms with van der Waals surface area (Å²) in [7, 11) is 1.19. The Kier molecular flexibility index (Phi) is 3.96. The molecule has 6 heteroatoms. The van der Waals surface area contributed by atoms with Crippen molar-refractivity contribution in [1.29, 1.82) is 0 Å². The molecule has 0 spiro atoms. The molecule has 1 heterocycles. The highest BCUT2D eigenvalue weighted by Gasteiger charge is 1.99. The molecule has 0 aliphatic carbocycles. The Morgan fingerprint density at radius 2 is 2.27 bits per heavy atom. The van der Waals surface area contributed by atoms with E-state index in [1.807, 2.05) is 5.43 Å². The van der Waals surface area contributed by atoms with Gasteiger partial charge in [0, 0.05) is 6.08 Å². The average Bonchev–Trinajstić information content (AvgIpc) is 2.75. The van der Waals surface area contributed by atoms with E-state index in [1.54, 1.807) is 12.1 Å². The minimum atomic E-state index is -0.741. The minimum absolute atomic E-state index is 0.489. The summed E-state index contributed by atoms with van der Waals surface area (Å²) in [5.41, 5.74) is 4.12. The molecule has 0 saturated heterocycles. The fourth-order valence-electron chi connectivity index (χ4n) is 0.749. The zero-order valence-electron chi connectivity index (χ0n) is 8.02. The third kappa shape index (κ3) is 3.99. The van der Waals surface area contributed by atoms with Crippen LogP contribution in [0.2, 0.25) is 0 Å². The van der Waals surface area contributed by atoms with Crippen LogP contribution in [0.3, 0.4) is 0 Å². The topological polar surface area (TPSA) is 80.6 Å². The molecule has 0 unspecified atom stereocenters. The van der Waals surface area contributed by atoms with Crippen molar-refractivity contribution in [3.63, 3.8) is 0 Å². The van der Waals surface area contributed by atoms with Crippen LogP contribution in [0.15, 0.2) is 28.9 Å². The molecule has 6 nitrogen and oxygen atoms in total. The second-order valence-corrected chi connectivity index (χ2v) is 2.45. The summed E-state index contributed by atoms with van der Waals surface area (Å²) in [6.45, 7) is 0. The van der Waals surface area contributed by atoms with Crippen molar-refractivity contribution in [3.8, 4) is 0 Å². The molecule has 0 aliphatic rings. The summed E-state index contributed by atoms with van der Waals surface area (Å²) in [6, 6.07) is 3.39. The fourth-order valence-corrected chi connectivity index (χ4v) is 0.749. The summed E-state index contributed by atoms with van der Waals surface area (Å²) in [4.78, 5) is 21.6. The minimum Gasteiger partial charge on any atom is -0.465 e. The van der Waals surface area contributed by atoms with Gasteiger partial charge >= 0.3 is 6.09 Å². The number of amides is 2. The first-order chi connectivity index (χ1) is 7.22. The zero-order chi connectivity index (χ0) is 11.1. The van der Waals surface area contributed by atoms with Crippen molar-refractivity contribution in [3.05, 3.63) is 30.2 Å². The highest BCUT2D eigenvalue weighted by Crippen LogP contribution is 2.01. The first kappa shape index (κ1) is 10.8. The lowest BCUT2D eigenvalue weighted by atomic mass is 10.4. The standard InChI is InChI=1S/C9H10N2O4/c1-14-9(13)11-10-8(12)5-4-7-3-2-6-15-7/h2-6H,1H3,(H,10,12)(H,11,13). The van der Waals surface area contributed by atoms with E-state index < -0.39 is 12.0 Å².